The second kappa shape index (κ2) is 5.24. The minimum Gasteiger partial charge on any atom is -0.295 e. The molecule has 0 saturated heterocycles. The van der Waals surface area contributed by atoms with Crippen LogP contribution in [0.15, 0.2) is 47.7 Å². The zero-order valence-corrected chi connectivity index (χ0v) is 9.54. The van der Waals surface area contributed by atoms with Crippen LogP contribution in [0.3, 0.4) is 0 Å². The van der Waals surface area contributed by atoms with Gasteiger partial charge in [-0.05, 0) is 11.6 Å². The summed E-state index contributed by atoms with van der Waals surface area (Å²) in [7, 11) is 0. The van der Waals surface area contributed by atoms with Crippen LogP contribution in [0.5, 0.6) is 0 Å². The molecule has 0 radical (unpaired) electrons. The van der Waals surface area contributed by atoms with Gasteiger partial charge in [-0.2, -0.15) is 0 Å². The summed E-state index contributed by atoms with van der Waals surface area (Å²) >= 11 is 0. The minimum atomic E-state index is -0.387. The Morgan fingerprint density at radius 3 is 2.83 bits per heavy atom. The van der Waals surface area contributed by atoms with E-state index in [9.17, 15) is 9.59 Å². The summed E-state index contributed by atoms with van der Waals surface area (Å²) in [6.45, 7) is 0.274. The molecule has 18 heavy (non-hydrogen) atoms. The van der Waals surface area contributed by atoms with E-state index in [4.69, 9.17) is 5.84 Å². The highest BCUT2D eigenvalue weighted by Crippen LogP contribution is 2.09. The first-order chi connectivity index (χ1) is 8.72. The van der Waals surface area contributed by atoms with E-state index in [0.29, 0.717) is 11.1 Å². The molecule has 0 bridgehead atoms. The number of hydrogen-bond acceptors (Lipinski definition) is 4. The van der Waals surface area contributed by atoms with Gasteiger partial charge < -0.3 is 0 Å². The van der Waals surface area contributed by atoms with Gasteiger partial charge in [0, 0.05) is 17.8 Å². The van der Waals surface area contributed by atoms with Crippen LogP contribution in [0, 0.1) is 0 Å². The number of nitrogens with one attached hydrogen (secondary N) is 1. The smallest absolute Gasteiger partial charge is 0.265 e. The van der Waals surface area contributed by atoms with Gasteiger partial charge in [0.05, 0.1) is 12.9 Å². The molecule has 2 rings (SSSR count). The number of rotatable bonds is 3. The summed E-state index contributed by atoms with van der Waals surface area (Å²) in [6.07, 6.45) is 2.86. The van der Waals surface area contributed by atoms with Gasteiger partial charge in [-0.3, -0.25) is 19.6 Å². The lowest BCUT2D eigenvalue weighted by molar-refractivity contribution is 0.0952. The molecule has 0 spiro atoms. The first-order valence-electron chi connectivity index (χ1n) is 5.31. The Kier molecular flexibility index (Phi) is 3.49. The number of nitrogens with two attached hydrogens (primary N) is 1. The minimum absolute atomic E-state index is 0.173. The van der Waals surface area contributed by atoms with E-state index in [1.165, 1.54) is 23.2 Å². The van der Waals surface area contributed by atoms with Crippen molar-refractivity contribution in [2.75, 3.05) is 0 Å². The predicted octanol–water partition coefficient (Wildman–Crippen LogP) is -0.105. The molecule has 0 atom stereocenters. The topological polar surface area (TPSA) is 90.0 Å². The van der Waals surface area contributed by atoms with Crippen molar-refractivity contribution in [1.29, 1.82) is 0 Å². The molecule has 1 heterocycles. The molecule has 1 amide bonds. The summed E-state index contributed by atoms with van der Waals surface area (Å²) in [5, 5.41) is 0. The lowest BCUT2D eigenvalue weighted by Crippen LogP contribution is -2.31. The van der Waals surface area contributed by atoms with E-state index in [-0.39, 0.29) is 18.0 Å². The van der Waals surface area contributed by atoms with Gasteiger partial charge in [-0.25, -0.2) is 10.8 Å². The largest absolute Gasteiger partial charge is 0.295 e. The van der Waals surface area contributed by atoms with Gasteiger partial charge in [-0.15, -0.1) is 0 Å². The zero-order valence-electron chi connectivity index (χ0n) is 9.54. The van der Waals surface area contributed by atoms with Crippen molar-refractivity contribution >= 4 is 5.91 Å². The molecule has 1 aromatic heterocycles. The number of aromatic nitrogens is 2. The Hall–Kier alpha value is -2.47. The van der Waals surface area contributed by atoms with Crippen LogP contribution >= 0.6 is 0 Å². The fourth-order valence-corrected chi connectivity index (χ4v) is 1.64. The monoisotopic (exact) mass is 244 g/mol. The average molecular weight is 244 g/mol. The molecule has 0 aliphatic heterocycles. The van der Waals surface area contributed by atoms with Crippen molar-refractivity contribution in [2.24, 2.45) is 5.84 Å². The lowest BCUT2D eigenvalue weighted by atomic mass is 10.1. The molecule has 0 aliphatic rings. The van der Waals surface area contributed by atoms with Crippen LogP contribution in [-0.2, 0) is 6.54 Å². The van der Waals surface area contributed by atoms with Gasteiger partial charge in [0.15, 0.2) is 0 Å². The highest BCUT2D eigenvalue weighted by atomic mass is 16.2. The predicted molar refractivity (Wildman–Crippen MR) is 65.7 cm³/mol. The van der Waals surface area contributed by atoms with Gasteiger partial charge in [0.1, 0.15) is 0 Å². The normalized spacial score (nSPS) is 10.1. The quantitative estimate of drug-likeness (QED) is 0.448. The van der Waals surface area contributed by atoms with E-state index >= 15 is 0 Å². The van der Waals surface area contributed by atoms with E-state index in [0.717, 1.165) is 0 Å². The standard InChI is InChI=1S/C12H12N4O2/c13-15-12(18)10-4-2-1-3-9(10)7-16-8-14-6-5-11(16)17/h1-6,8H,7,13H2,(H,15,18). The molecule has 0 unspecified atom stereocenters. The first kappa shape index (κ1) is 12.0. The second-order valence-electron chi connectivity index (χ2n) is 3.68. The molecule has 1 aromatic carbocycles. The Balaban J connectivity index is 2.38. The number of benzene rings is 1. The van der Waals surface area contributed by atoms with Crippen LogP contribution in [0.4, 0.5) is 0 Å². The molecule has 0 fully saturated rings. The number of carbonyl (C=O) groups is 1. The van der Waals surface area contributed by atoms with E-state index in [1.807, 2.05) is 0 Å². The van der Waals surface area contributed by atoms with Gasteiger partial charge in [-0.1, -0.05) is 18.2 Å². The van der Waals surface area contributed by atoms with Crippen molar-refractivity contribution in [1.82, 2.24) is 15.0 Å². The van der Waals surface area contributed by atoms with Gasteiger partial charge in [0.25, 0.3) is 11.5 Å². The third-order valence-electron chi connectivity index (χ3n) is 2.53. The van der Waals surface area contributed by atoms with Crippen LogP contribution in [0.25, 0.3) is 0 Å². The van der Waals surface area contributed by atoms with Crippen molar-refractivity contribution in [3.05, 3.63) is 64.3 Å². The highest BCUT2D eigenvalue weighted by molar-refractivity contribution is 5.95. The van der Waals surface area contributed by atoms with Crippen LogP contribution < -0.4 is 16.8 Å². The summed E-state index contributed by atoms with van der Waals surface area (Å²) in [5.74, 6) is 4.73. The maximum atomic E-state index is 11.6. The number of carbonyl (C=O) groups excluding carboxylic acids is 1. The van der Waals surface area contributed by atoms with E-state index < -0.39 is 0 Å². The van der Waals surface area contributed by atoms with E-state index in [2.05, 4.69) is 10.4 Å². The third-order valence-corrected chi connectivity index (χ3v) is 2.53. The molecule has 2 aromatic rings. The molecule has 92 valence electrons. The fourth-order valence-electron chi connectivity index (χ4n) is 1.64. The molecular weight excluding hydrogens is 232 g/mol. The number of nitrogen functional groups attached to an aromatic ring is 1. The molecule has 3 N–H and O–H groups in total. The maximum absolute atomic E-state index is 11.6. The van der Waals surface area contributed by atoms with Crippen LogP contribution in [0.1, 0.15) is 15.9 Å². The number of hydrogen-bond donors (Lipinski definition) is 2. The van der Waals surface area contributed by atoms with Crippen LogP contribution in [0.2, 0.25) is 0 Å². The summed E-state index contributed by atoms with van der Waals surface area (Å²) in [5.41, 5.74) is 3.05. The second-order valence-corrected chi connectivity index (χ2v) is 3.68. The van der Waals surface area contributed by atoms with Gasteiger partial charge >= 0.3 is 0 Å². The van der Waals surface area contributed by atoms with Gasteiger partial charge in [0.2, 0.25) is 0 Å². The third kappa shape index (κ3) is 2.44. The zero-order chi connectivity index (χ0) is 13.0. The number of amides is 1. The van der Waals surface area contributed by atoms with Crippen molar-refractivity contribution in [2.45, 2.75) is 6.54 Å². The Labute approximate surface area is 103 Å². The molecule has 6 heteroatoms. The Morgan fingerprint density at radius 1 is 1.33 bits per heavy atom. The lowest BCUT2D eigenvalue weighted by Gasteiger charge is -2.09. The van der Waals surface area contributed by atoms with Crippen molar-refractivity contribution in [3.63, 3.8) is 0 Å². The highest BCUT2D eigenvalue weighted by Gasteiger charge is 2.09. The number of nitrogens with zero attached hydrogens (tertiary/aromatic N) is 2. The summed E-state index contributed by atoms with van der Waals surface area (Å²) < 4.78 is 1.42. The summed E-state index contributed by atoms with van der Waals surface area (Å²) in [6, 6.07) is 8.32. The SMILES string of the molecule is NNC(=O)c1ccccc1Cn1cnccc1=O. The average Bonchev–Trinajstić information content (AvgIpc) is 2.41. The Morgan fingerprint density at radius 2 is 2.11 bits per heavy atom. The van der Waals surface area contributed by atoms with Crippen molar-refractivity contribution in [3.8, 4) is 0 Å². The first-order valence-corrected chi connectivity index (χ1v) is 5.31. The molecule has 0 aliphatic carbocycles. The van der Waals surface area contributed by atoms with Crippen molar-refractivity contribution < 1.29 is 4.79 Å². The van der Waals surface area contributed by atoms with E-state index in [1.54, 1.807) is 24.3 Å². The maximum Gasteiger partial charge on any atom is 0.265 e. The molecule has 0 saturated carbocycles. The van der Waals surface area contributed by atoms with Crippen LogP contribution in [-0.4, -0.2) is 15.5 Å². The molecular formula is C12H12N4O2. The summed E-state index contributed by atoms with van der Waals surface area (Å²) in [4.78, 5) is 27.0. The fraction of sp³-hybridized carbons (Fsp3) is 0.0833. The Bertz CT molecular complexity index is 621. The number of hydrazine groups is 1. The molecule has 6 nitrogen and oxygen atoms in total.